The van der Waals surface area contributed by atoms with E-state index < -0.39 is 6.04 Å². The SMILES string of the molecule is Cn1c(=O)cc(-c2cccc(C#N)n2)c2cc(C(N)c3ccc(Cl)cc3)ncc21.Cn1ccnc1. The summed E-state index contributed by atoms with van der Waals surface area (Å²) in [5.74, 6) is 0. The molecule has 174 valence electrons. The molecule has 0 saturated carbocycles. The fraction of sp³-hybridized carbons (Fsp3) is 0.115. The van der Waals surface area contributed by atoms with E-state index in [4.69, 9.17) is 22.6 Å². The van der Waals surface area contributed by atoms with Crippen LogP contribution in [0.4, 0.5) is 0 Å². The Kier molecular flexibility index (Phi) is 7.01. The lowest BCUT2D eigenvalue weighted by molar-refractivity contribution is 0.827. The molecule has 0 bridgehead atoms. The van der Waals surface area contributed by atoms with Crippen molar-refractivity contribution in [2.45, 2.75) is 6.04 Å². The van der Waals surface area contributed by atoms with Gasteiger partial charge >= 0.3 is 0 Å². The molecule has 0 aliphatic carbocycles. The number of pyridine rings is 3. The van der Waals surface area contributed by atoms with Crippen LogP contribution in [0, 0.1) is 11.3 Å². The lowest BCUT2D eigenvalue weighted by Gasteiger charge is -2.15. The van der Waals surface area contributed by atoms with Gasteiger partial charge in [0.2, 0.25) is 0 Å². The molecule has 0 fully saturated rings. The van der Waals surface area contributed by atoms with Crippen LogP contribution in [0.1, 0.15) is 23.0 Å². The van der Waals surface area contributed by atoms with Crippen LogP contribution in [0.5, 0.6) is 0 Å². The number of imidazole rings is 1. The molecular formula is C26H22ClN7O. The summed E-state index contributed by atoms with van der Waals surface area (Å²) in [6, 6.07) is 17.4. The summed E-state index contributed by atoms with van der Waals surface area (Å²) >= 11 is 5.97. The van der Waals surface area contributed by atoms with Gasteiger partial charge in [0.1, 0.15) is 11.8 Å². The number of nitrogens with zero attached hydrogens (tertiary/aromatic N) is 6. The van der Waals surface area contributed by atoms with E-state index in [9.17, 15) is 4.79 Å². The number of benzene rings is 1. The normalized spacial score (nSPS) is 11.4. The molecule has 0 saturated heterocycles. The van der Waals surface area contributed by atoms with E-state index in [0.29, 0.717) is 27.5 Å². The van der Waals surface area contributed by atoms with Crippen molar-refractivity contribution in [1.82, 2.24) is 24.1 Å². The predicted molar refractivity (Wildman–Crippen MR) is 136 cm³/mol. The summed E-state index contributed by atoms with van der Waals surface area (Å²) < 4.78 is 3.41. The molecule has 8 nitrogen and oxygen atoms in total. The highest BCUT2D eigenvalue weighted by atomic mass is 35.5. The molecule has 2 N–H and O–H groups in total. The van der Waals surface area contributed by atoms with E-state index in [2.05, 4.69) is 15.0 Å². The first-order valence-electron chi connectivity index (χ1n) is 10.7. The van der Waals surface area contributed by atoms with Gasteiger partial charge in [0.25, 0.3) is 5.56 Å². The monoisotopic (exact) mass is 483 g/mol. The van der Waals surface area contributed by atoms with Gasteiger partial charge < -0.3 is 14.9 Å². The first-order chi connectivity index (χ1) is 16.9. The van der Waals surface area contributed by atoms with Crippen molar-refractivity contribution in [2.24, 2.45) is 19.8 Å². The van der Waals surface area contributed by atoms with Gasteiger partial charge in [0, 0.05) is 48.5 Å². The third kappa shape index (κ3) is 5.27. The molecule has 9 heteroatoms. The molecule has 4 aromatic heterocycles. The van der Waals surface area contributed by atoms with E-state index in [0.717, 1.165) is 10.9 Å². The molecule has 5 aromatic rings. The lowest BCUT2D eigenvalue weighted by atomic mass is 10.0. The second-order valence-corrected chi connectivity index (χ2v) is 8.30. The molecule has 0 radical (unpaired) electrons. The van der Waals surface area contributed by atoms with Crippen LogP contribution in [-0.2, 0) is 14.1 Å². The van der Waals surface area contributed by atoms with Crippen molar-refractivity contribution < 1.29 is 0 Å². The average molecular weight is 484 g/mol. The summed E-state index contributed by atoms with van der Waals surface area (Å²) in [6.07, 6.45) is 7.03. The van der Waals surface area contributed by atoms with Crippen LogP contribution < -0.4 is 11.3 Å². The minimum absolute atomic E-state index is 0.187. The molecule has 1 unspecified atom stereocenters. The number of rotatable bonds is 3. The molecule has 4 heterocycles. The number of fused-ring (bicyclic) bond motifs is 1. The Balaban J connectivity index is 0.000000421. The highest BCUT2D eigenvalue weighted by Crippen LogP contribution is 2.28. The number of nitrogens with two attached hydrogens (primary N) is 1. The maximum absolute atomic E-state index is 12.5. The highest BCUT2D eigenvalue weighted by Gasteiger charge is 2.16. The van der Waals surface area contributed by atoms with Crippen molar-refractivity contribution >= 4 is 22.5 Å². The smallest absolute Gasteiger partial charge is 0.251 e. The van der Waals surface area contributed by atoms with Crippen molar-refractivity contribution in [3.8, 4) is 17.3 Å². The summed E-state index contributed by atoms with van der Waals surface area (Å²) in [7, 11) is 3.63. The van der Waals surface area contributed by atoms with Gasteiger partial charge in [0.05, 0.1) is 35.5 Å². The molecule has 0 spiro atoms. The fourth-order valence-corrected chi connectivity index (χ4v) is 3.69. The van der Waals surface area contributed by atoms with E-state index >= 15 is 0 Å². The van der Waals surface area contributed by atoms with Crippen LogP contribution in [0.2, 0.25) is 5.02 Å². The van der Waals surface area contributed by atoms with Crippen molar-refractivity contribution in [3.63, 3.8) is 0 Å². The molecule has 0 amide bonds. The number of hydrogen-bond donors (Lipinski definition) is 1. The zero-order valence-electron chi connectivity index (χ0n) is 19.1. The minimum Gasteiger partial charge on any atom is -0.341 e. The molecule has 35 heavy (non-hydrogen) atoms. The second kappa shape index (κ2) is 10.3. The molecular weight excluding hydrogens is 462 g/mol. The zero-order chi connectivity index (χ0) is 24.9. The van der Waals surface area contributed by atoms with Crippen LogP contribution in [0.3, 0.4) is 0 Å². The van der Waals surface area contributed by atoms with E-state index in [1.165, 1.54) is 10.6 Å². The van der Waals surface area contributed by atoms with Crippen LogP contribution in [0.25, 0.3) is 22.2 Å². The average Bonchev–Trinajstić information content (AvgIpc) is 3.37. The van der Waals surface area contributed by atoms with Crippen LogP contribution in [-0.4, -0.2) is 24.1 Å². The Morgan fingerprint density at radius 1 is 1.11 bits per heavy atom. The number of aromatic nitrogens is 5. The maximum Gasteiger partial charge on any atom is 0.251 e. The van der Waals surface area contributed by atoms with E-state index in [1.807, 2.05) is 42.1 Å². The highest BCUT2D eigenvalue weighted by molar-refractivity contribution is 6.30. The Bertz CT molecular complexity index is 1570. The Labute approximate surface area is 206 Å². The summed E-state index contributed by atoms with van der Waals surface area (Å²) in [4.78, 5) is 25.1. The van der Waals surface area contributed by atoms with Gasteiger partial charge in [-0.05, 0) is 35.9 Å². The van der Waals surface area contributed by atoms with Crippen molar-refractivity contribution in [3.05, 3.63) is 112 Å². The largest absolute Gasteiger partial charge is 0.341 e. The zero-order valence-corrected chi connectivity index (χ0v) is 19.9. The number of halogens is 1. The van der Waals surface area contributed by atoms with Gasteiger partial charge in [-0.2, -0.15) is 5.26 Å². The third-order valence-electron chi connectivity index (χ3n) is 5.48. The van der Waals surface area contributed by atoms with Crippen LogP contribution in [0.15, 0.2) is 84.3 Å². The van der Waals surface area contributed by atoms with Crippen LogP contribution >= 0.6 is 11.6 Å². The van der Waals surface area contributed by atoms with Gasteiger partial charge in [0.15, 0.2) is 0 Å². The van der Waals surface area contributed by atoms with E-state index in [1.54, 1.807) is 56.1 Å². The summed E-state index contributed by atoms with van der Waals surface area (Å²) in [5, 5.41) is 10.6. The fourth-order valence-electron chi connectivity index (χ4n) is 3.56. The number of aryl methyl sites for hydroxylation is 2. The van der Waals surface area contributed by atoms with Gasteiger partial charge in [-0.3, -0.25) is 9.78 Å². The number of nitriles is 1. The van der Waals surface area contributed by atoms with Crippen molar-refractivity contribution in [2.75, 3.05) is 0 Å². The summed E-state index contributed by atoms with van der Waals surface area (Å²) in [6.45, 7) is 0. The second-order valence-electron chi connectivity index (χ2n) is 7.86. The third-order valence-corrected chi connectivity index (χ3v) is 5.73. The minimum atomic E-state index is -0.458. The first-order valence-corrected chi connectivity index (χ1v) is 11.1. The Morgan fingerprint density at radius 2 is 1.89 bits per heavy atom. The lowest BCUT2D eigenvalue weighted by Crippen LogP contribution is -2.18. The molecule has 5 rings (SSSR count). The van der Waals surface area contributed by atoms with E-state index in [-0.39, 0.29) is 11.3 Å². The molecule has 0 aliphatic rings. The van der Waals surface area contributed by atoms with Gasteiger partial charge in [-0.25, -0.2) is 9.97 Å². The van der Waals surface area contributed by atoms with Crippen molar-refractivity contribution in [1.29, 1.82) is 5.26 Å². The predicted octanol–water partition coefficient (Wildman–Crippen LogP) is 3.99. The standard InChI is InChI=1S/C22H16ClN5O.C4H6N2/c1-28-20-12-26-19(22(25)13-5-7-14(23)8-6-13)9-17(20)16(10-21(28)29)18-4-2-3-15(11-24)27-18;1-6-3-2-5-4-6/h2-10,12,22H,25H2,1H3;2-4H,1H3. The Morgan fingerprint density at radius 3 is 2.51 bits per heavy atom. The summed E-state index contributed by atoms with van der Waals surface area (Å²) in [5.41, 5.74) is 9.88. The quantitative estimate of drug-likeness (QED) is 0.415. The molecule has 0 aliphatic heterocycles. The van der Waals surface area contributed by atoms with Gasteiger partial charge in [-0.1, -0.05) is 29.8 Å². The topological polar surface area (TPSA) is 115 Å². The first kappa shape index (κ1) is 23.8. The Hall–Kier alpha value is -4.32. The molecule has 1 atom stereocenters. The van der Waals surface area contributed by atoms with Gasteiger partial charge in [-0.15, -0.1) is 0 Å². The molecule has 1 aromatic carbocycles. The number of hydrogen-bond acceptors (Lipinski definition) is 6. The maximum atomic E-state index is 12.5.